The molecule has 1 aliphatic carbocycles. The highest BCUT2D eigenvalue weighted by Crippen LogP contribution is 2.38. The number of nitrogens with zero attached hydrogens (tertiary/aromatic N) is 2. The summed E-state index contributed by atoms with van der Waals surface area (Å²) >= 11 is 0. The van der Waals surface area contributed by atoms with Crippen molar-refractivity contribution in [3.8, 4) is 0 Å². The third-order valence-electron chi connectivity index (χ3n) is 8.06. The van der Waals surface area contributed by atoms with Crippen LogP contribution in [0.4, 0.5) is 0 Å². The predicted molar refractivity (Wildman–Crippen MR) is 175 cm³/mol. The normalized spacial score (nSPS) is 13.0. The van der Waals surface area contributed by atoms with Gasteiger partial charge in [-0.2, -0.15) is 0 Å². The zero-order valence-electron chi connectivity index (χ0n) is 23.4. The molecule has 2 nitrogen and oxygen atoms in total. The molecule has 0 unspecified atom stereocenters. The maximum Gasteiger partial charge on any atom is 0.212 e. The molecule has 0 atom stereocenters. The van der Waals surface area contributed by atoms with Crippen LogP contribution in [0.2, 0.25) is 11.9 Å². The Morgan fingerprint density at radius 2 is 1.27 bits per heavy atom. The third-order valence-corrected chi connectivity index (χ3v) is 10.8. The predicted octanol–water partition coefficient (Wildman–Crippen LogP) is 6.65. The average Bonchev–Trinajstić information content (AvgIpc) is 3.70. The molecule has 1 aliphatic rings. The second-order valence-corrected chi connectivity index (χ2v) is 13.0. The quantitative estimate of drug-likeness (QED) is 0.105. The van der Waals surface area contributed by atoms with E-state index in [9.17, 15) is 0 Å². The zero-order chi connectivity index (χ0) is 27.5. The van der Waals surface area contributed by atoms with Gasteiger partial charge < -0.3 is 4.57 Å². The minimum Gasteiger partial charge on any atom is -0.327 e. The highest BCUT2D eigenvalue weighted by Gasteiger charge is 2.36. The fourth-order valence-electron chi connectivity index (χ4n) is 5.95. The second-order valence-electron chi connectivity index (χ2n) is 10.7. The fraction of sp³-hybridized carbons (Fsp3) is 0.194. The van der Waals surface area contributed by atoms with Gasteiger partial charge in [-0.05, 0) is 17.5 Å². The summed E-state index contributed by atoms with van der Waals surface area (Å²) in [6.45, 7) is 4.47. The van der Waals surface area contributed by atoms with Gasteiger partial charge in [0.2, 0.25) is 6.71 Å². The maximum absolute atomic E-state index is 4.35. The molecule has 0 radical (unpaired) electrons. The van der Waals surface area contributed by atoms with Crippen molar-refractivity contribution in [2.75, 3.05) is 0 Å². The van der Waals surface area contributed by atoms with Crippen LogP contribution < -0.4 is 10.9 Å². The molecule has 1 fully saturated rings. The summed E-state index contributed by atoms with van der Waals surface area (Å²) in [4.78, 5) is 4.35. The van der Waals surface area contributed by atoms with Crippen LogP contribution in [0.25, 0.3) is 0 Å². The Morgan fingerprint density at radius 1 is 0.775 bits per heavy atom. The van der Waals surface area contributed by atoms with Gasteiger partial charge in [-0.3, -0.25) is 0 Å². The zero-order valence-corrected chi connectivity index (χ0v) is 24.8. The van der Waals surface area contributed by atoms with E-state index >= 15 is 0 Å². The van der Waals surface area contributed by atoms with Gasteiger partial charge in [0.15, 0.2) is 0 Å². The van der Waals surface area contributed by atoms with Gasteiger partial charge in [0, 0.05) is 12.4 Å². The standard InChI is InChI=1S/C21H24N2Si.C15H15B/c1-2-3-10-17-24-21(23-16-15-22-18-23,19-11-6-4-7-12-19)20-13-8-5-9-14-20;1-3-7-13(8-4-1)16(15-11-12-15)14-9-5-2-6-10-14/h2,4-9,11-16,18H,1,3,10,17,24H2;1-10,15H,11-12H2. The molecule has 1 saturated carbocycles. The number of rotatable bonds is 11. The van der Waals surface area contributed by atoms with Gasteiger partial charge in [-0.1, -0.05) is 169 Å². The molecule has 4 aromatic carbocycles. The van der Waals surface area contributed by atoms with Gasteiger partial charge in [0.05, 0.1) is 21.0 Å². The largest absolute Gasteiger partial charge is 0.327 e. The molecule has 0 N–H and O–H groups in total. The molecule has 40 heavy (non-hydrogen) atoms. The van der Waals surface area contributed by atoms with Crippen molar-refractivity contribution in [2.45, 2.75) is 42.7 Å². The minimum absolute atomic E-state index is 0.0831. The van der Waals surface area contributed by atoms with Crippen LogP contribution in [0.15, 0.2) is 153 Å². The fourth-order valence-corrected chi connectivity index (χ4v) is 8.50. The summed E-state index contributed by atoms with van der Waals surface area (Å²) in [5, 5.41) is -0.0831. The Balaban J connectivity index is 0.000000174. The first-order valence-corrected chi connectivity index (χ1v) is 16.3. The molecule has 1 heterocycles. The van der Waals surface area contributed by atoms with E-state index in [1.807, 2.05) is 18.6 Å². The molecular formula is C36H39BN2Si. The van der Waals surface area contributed by atoms with Crippen molar-refractivity contribution in [1.29, 1.82) is 0 Å². The van der Waals surface area contributed by atoms with Crippen molar-refractivity contribution in [3.05, 3.63) is 164 Å². The van der Waals surface area contributed by atoms with Crippen LogP contribution >= 0.6 is 0 Å². The molecule has 0 amide bonds. The third kappa shape index (κ3) is 6.63. The van der Waals surface area contributed by atoms with E-state index in [1.165, 1.54) is 47.4 Å². The first kappa shape index (κ1) is 27.7. The van der Waals surface area contributed by atoms with E-state index in [4.69, 9.17) is 0 Å². The number of imidazole rings is 1. The van der Waals surface area contributed by atoms with E-state index in [0.29, 0.717) is 6.71 Å². The lowest BCUT2D eigenvalue weighted by Gasteiger charge is -2.37. The van der Waals surface area contributed by atoms with Crippen molar-refractivity contribution in [2.24, 2.45) is 0 Å². The summed E-state index contributed by atoms with van der Waals surface area (Å²) in [5.41, 5.74) is 5.66. The number of hydrogen-bond donors (Lipinski definition) is 0. The molecule has 4 heteroatoms. The van der Waals surface area contributed by atoms with Crippen LogP contribution in [0.1, 0.15) is 36.8 Å². The van der Waals surface area contributed by atoms with Crippen LogP contribution in [-0.4, -0.2) is 25.8 Å². The lowest BCUT2D eigenvalue weighted by atomic mass is 9.37. The topological polar surface area (TPSA) is 17.8 Å². The number of hydrogen-bond acceptors (Lipinski definition) is 1. The van der Waals surface area contributed by atoms with Crippen molar-refractivity contribution >= 4 is 27.2 Å². The Labute approximate surface area is 242 Å². The first-order valence-electron chi connectivity index (χ1n) is 14.6. The highest BCUT2D eigenvalue weighted by molar-refractivity contribution is 6.86. The summed E-state index contributed by atoms with van der Waals surface area (Å²) in [5.74, 6) is 0.866. The Kier molecular flexibility index (Phi) is 9.65. The molecule has 200 valence electrons. The SMILES string of the molecule is C=CCCC[SiH2]C(c1ccccc1)(c1ccccc1)n1ccnc1.c1ccc(B(c2ccccc2)C2CC2)cc1. The van der Waals surface area contributed by atoms with Crippen LogP contribution in [-0.2, 0) is 5.16 Å². The summed E-state index contributed by atoms with van der Waals surface area (Å²) in [7, 11) is -0.492. The Morgan fingerprint density at radius 3 is 1.70 bits per heavy atom. The number of benzene rings is 4. The lowest BCUT2D eigenvalue weighted by Crippen LogP contribution is -2.42. The Bertz CT molecular complexity index is 1320. The summed E-state index contributed by atoms with van der Waals surface area (Å²) in [6.07, 6.45) is 13.1. The monoisotopic (exact) mass is 538 g/mol. The highest BCUT2D eigenvalue weighted by atomic mass is 28.2. The van der Waals surface area contributed by atoms with E-state index in [1.54, 1.807) is 0 Å². The number of aromatic nitrogens is 2. The van der Waals surface area contributed by atoms with Gasteiger partial charge >= 0.3 is 0 Å². The maximum atomic E-state index is 4.35. The van der Waals surface area contributed by atoms with E-state index in [0.717, 1.165) is 12.2 Å². The van der Waals surface area contributed by atoms with Crippen molar-refractivity contribution in [1.82, 2.24) is 9.55 Å². The van der Waals surface area contributed by atoms with Gasteiger partial charge in [0.25, 0.3) is 0 Å². The summed E-state index contributed by atoms with van der Waals surface area (Å²) in [6, 6.07) is 44.9. The van der Waals surface area contributed by atoms with E-state index in [-0.39, 0.29) is 5.16 Å². The van der Waals surface area contributed by atoms with Gasteiger partial charge in [-0.15, -0.1) is 6.58 Å². The molecule has 0 bridgehead atoms. The molecule has 5 aromatic rings. The van der Waals surface area contributed by atoms with Crippen LogP contribution in [0.5, 0.6) is 0 Å². The number of unbranched alkanes of at least 4 members (excludes halogenated alkanes) is 1. The lowest BCUT2D eigenvalue weighted by molar-refractivity contribution is 0.589. The molecule has 0 aliphatic heterocycles. The minimum atomic E-state index is -0.492. The average molecular weight is 539 g/mol. The molecule has 0 spiro atoms. The van der Waals surface area contributed by atoms with E-state index < -0.39 is 9.52 Å². The van der Waals surface area contributed by atoms with E-state index in [2.05, 4.69) is 144 Å². The van der Waals surface area contributed by atoms with Crippen molar-refractivity contribution < 1.29 is 0 Å². The van der Waals surface area contributed by atoms with Gasteiger partial charge in [-0.25, -0.2) is 4.98 Å². The van der Waals surface area contributed by atoms with Gasteiger partial charge in [0.1, 0.15) is 0 Å². The molecular weight excluding hydrogens is 499 g/mol. The van der Waals surface area contributed by atoms with Crippen LogP contribution in [0.3, 0.4) is 0 Å². The number of allylic oxidation sites excluding steroid dienone is 1. The smallest absolute Gasteiger partial charge is 0.212 e. The molecule has 1 aromatic heterocycles. The van der Waals surface area contributed by atoms with Crippen LogP contribution in [0, 0.1) is 0 Å². The first-order chi connectivity index (χ1) is 19.8. The second kappa shape index (κ2) is 14.0. The van der Waals surface area contributed by atoms with Crippen molar-refractivity contribution in [3.63, 3.8) is 0 Å². The molecule has 6 rings (SSSR count). The molecule has 0 saturated heterocycles. The summed E-state index contributed by atoms with van der Waals surface area (Å²) < 4.78 is 2.32. The Hall–Kier alpha value is -3.89.